The van der Waals surface area contributed by atoms with Gasteiger partial charge in [0.15, 0.2) is 20.7 Å². The van der Waals surface area contributed by atoms with E-state index in [0.29, 0.717) is 31.8 Å². The molecule has 0 aliphatic carbocycles. The summed E-state index contributed by atoms with van der Waals surface area (Å²) in [5, 5.41) is 11.1. The van der Waals surface area contributed by atoms with Gasteiger partial charge in [0.25, 0.3) is 0 Å². The quantitative estimate of drug-likeness (QED) is 0.0604. The second-order valence-corrected chi connectivity index (χ2v) is 13.8. The van der Waals surface area contributed by atoms with E-state index in [0.717, 1.165) is 63.5 Å². The van der Waals surface area contributed by atoms with Crippen LogP contribution in [0.15, 0.2) is 11.1 Å². The number of carbonyl (C=O) groups excluding carboxylic acids is 1. The monoisotopic (exact) mass is 625 g/mol. The number of hydrogen-bond acceptors (Lipinski definition) is 7. The number of hydrazine groups is 1. The third-order valence-corrected chi connectivity index (χ3v) is 9.34. The van der Waals surface area contributed by atoms with Gasteiger partial charge in [0.1, 0.15) is 0 Å². The number of urea groups is 1. The van der Waals surface area contributed by atoms with E-state index in [1.54, 1.807) is 6.07 Å². The number of aromatic nitrogens is 2. The normalized spacial score (nSPS) is 11.5. The molecule has 0 aliphatic rings. The zero-order valence-corrected chi connectivity index (χ0v) is 28.5. The number of sulfone groups is 1. The molecule has 250 valence electrons. The van der Waals surface area contributed by atoms with Crippen LogP contribution in [0.25, 0.3) is 0 Å². The van der Waals surface area contributed by atoms with Crippen molar-refractivity contribution in [2.24, 2.45) is 0 Å². The van der Waals surface area contributed by atoms with Gasteiger partial charge in [-0.25, -0.2) is 13.2 Å². The largest absolute Gasteiger partial charge is 0.381 e. The summed E-state index contributed by atoms with van der Waals surface area (Å²) in [7, 11) is -3.51. The maximum absolute atomic E-state index is 13.0. The lowest BCUT2D eigenvalue weighted by molar-refractivity contribution is 0.127. The number of nitrogens with zero attached hydrogens (tertiary/aromatic N) is 2. The zero-order valence-electron chi connectivity index (χ0n) is 27.7. The number of carbonyl (C=O) groups is 1. The Morgan fingerprint density at radius 3 is 1.86 bits per heavy atom. The lowest BCUT2D eigenvalue weighted by atomic mass is 10.1. The lowest BCUT2D eigenvalue weighted by Gasteiger charge is -2.14. The highest BCUT2D eigenvalue weighted by molar-refractivity contribution is 7.91. The average molecular weight is 626 g/mol. The van der Waals surface area contributed by atoms with E-state index in [9.17, 15) is 13.2 Å². The van der Waals surface area contributed by atoms with Crippen LogP contribution in [-0.2, 0) is 21.0 Å². The van der Waals surface area contributed by atoms with Crippen molar-refractivity contribution in [2.75, 3.05) is 30.9 Å². The predicted molar refractivity (Wildman–Crippen MR) is 178 cm³/mol. The van der Waals surface area contributed by atoms with Gasteiger partial charge in [-0.05, 0) is 38.2 Å². The molecule has 1 aromatic rings. The second-order valence-electron chi connectivity index (χ2n) is 11.8. The molecular formula is C33H63N5O4S. The summed E-state index contributed by atoms with van der Waals surface area (Å²) < 4.78 is 31.7. The summed E-state index contributed by atoms with van der Waals surface area (Å²) in [6, 6.07) is 1.26. The Kier molecular flexibility index (Phi) is 24.1. The van der Waals surface area contributed by atoms with Gasteiger partial charge < -0.3 is 10.1 Å². The maximum Gasteiger partial charge on any atom is 0.333 e. The summed E-state index contributed by atoms with van der Waals surface area (Å²) >= 11 is 0. The van der Waals surface area contributed by atoms with Crippen molar-refractivity contribution in [2.45, 2.75) is 161 Å². The van der Waals surface area contributed by atoms with Crippen molar-refractivity contribution in [1.29, 1.82) is 0 Å². The summed E-state index contributed by atoms with van der Waals surface area (Å²) in [6.45, 7) is 8.49. The van der Waals surface area contributed by atoms with Gasteiger partial charge in [0.05, 0.1) is 5.75 Å². The molecule has 2 amide bonds. The van der Waals surface area contributed by atoms with Crippen molar-refractivity contribution in [3.8, 4) is 0 Å². The van der Waals surface area contributed by atoms with Crippen LogP contribution in [-0.4, -0.2) is 50.2 Å². The Morgan fingerprint density at radius 2 is 1.23 bits per heavy atom. The van der Waals surface area contributed by atoms with Crippen molar-refractivity contribution in [1.82, 2.24) is 20.9 Å². The summed E-state index contributed by atoms with van der Waals surface area (Å²) in [4.78, 5) is 12.3. The first-order valence-electron chi connectivity index (χ1n) is 17.4. The standard InChI is InChI=1S/C33H63N5O4S/c1-4-7-10-13-16-17-20-24-30-29-31(43(40,41)28-22-19-15-12-9-6-3)35-36-32(30)37-38-33(39)34-25-23-27-42-26-21-18-14-11-8-5-2/h29H,4-28H2,1-3H3,(H,36,37)(H2,34,38,39). The Labute approximate surface area is 263 Å². The number of nitrogens with one attached hydrogen (secondary N) is 3. The highest BCUT2D eigenvalue weighted by Crippen LogP contribution is 2.20. The molecule has 1 aromatic heterocycles. The topological polar surface area (TPSA) is 122 Å². The zero-order chi connectivity index (χ0) is 31.4. The second kappa shape index (κ2) is 26.5. The van der Waals surface area contributed by atoms with Crippen LogP contribution < -0.4 is 16.2 Å². The first-order chi connectivity index (χ1) is 20.9. The van der Waals surface area contributed by atoms with E-state index in [-0.39, 0.29) is 16.8 Å². The van der Waals surface area contributed by atoms with Gasteiger partial charge in [-0.1, -0.05) is 124 Å². The number of unbranched alkanes of at least 4 members (excludes halogenated alkanes) is 16. The van der Waals surface area contributed by atoms with E-state index in [4.69, 9.17) is 4.74 Å². The molecule has 1 heterocycles. The summed E-state index contributed by atoms with van der Waals surface area (Å²) in [5.41, 5.74) is 6.24. The molecule has 0 saturated carbocycles. The minimum atomic E-state index is -3.51. The van der Waals surface area contributed by atoms with Crippen LogP contribution in [0.3, 0.4) is 0 Å². The molecule has 43 heavy (non-hydrogen) atoms. The Balaban J connectivity index is 2.54. The average Bonchev–Trinajstić information content (AvgIpc) is 3.00. The van der Waals surface area contributed by atoms with Crippen LogP contribution in [0.5, 0.6) is 0 Å². The predicted octanol–water partition coefficient (Wildman–Crippen LogP) is 8.30. The first kappa shape index (κ1) is 39.1. The molecule has 0 spiro atoms. The fourth-order valence-corrected chi connectivity index (χ4v) is 6.21. The fraction of sp³-hybridized carbons (Fsp3) is 0.848. The van der Waals surface area contributed by atoms with E-state index < -0.39 is 9.84 Å². The number of aryl methyl sites for hydroxylation is 1. The molecule has 0 radical (unpaired) electrons. The van der Waals surface area contributed by atoms with Gasteiger partial charge in [-0.2, -0.15) is 0 Å². The molecule has 0 saturated heterocycles. The van der Waals surface area contributed by atoms with E-state index in [1.165, 1.54) is 70.6 Å². The fourth-order valence-electron chi connectivity index (χ4n) is 4.93. The van der Waals surface area contributed by atoms with Gasteiger partial charge in [0.2, 0.25) is 0 Å². The highest BCUT2D eigenvalue weighted by Gasteiger charge is 2.19. The molecule has 1 rings (SSSR count). The van der Waals surface area contributed by atoms with E-state index >= 15 is 0 Å². The molecule has 0 atom stereocenters. The SMILES string of the molecule is CCCCCCCCCc1cc(S(=O)(=O)CCCCCCCC)nnc1NNC(=O)NCCCOCCCCCCCC. The Bertz CT molecular complexity index is 930. The third kappa shape index (κ3) is 20.6. The van der Waals surface area contributed by atoms with Gasteiger partial charge in [-0.15, -0.1) is 10.2 Å². The number of amides is 2. The van der Waals surface area contributed by atoms with Gasteiger partial charge >= 0.3 is 6.03 Å². The number of anilines is 1. The highest BCUT2D eigenvalue weighted by atomic mass is 32.2. The van der Waals surface area contributed by atoms with Crippen LogP contribution in [0.4, 0.5) is 10.6 Å². The van der Waals surface area contributed by atoms with Crippen LogP contribution in [0, 0.1) is 0 Å². The molecular weight excluding hydrogens is 562 g/mol. The Hall–Kier alpha value is -1.94. The number of rotatable bonds is 29. The van der Waals surface area contributed by atoms with Crippen molar-refractivity contribution >= 4 is 21.7 Å². The van der Waals surface area contributed by atoms with Crippen molar-refractivity contribution in [3.05, 3.63) is 11.6 Å². The molecule has 3 N–H and O–H groups in total. The Morgan fingerprint density at radius 1 is 0.698 bits per heavy atom. The molecule has 0 fully saturated rings. The third-order valence-electron chi connectivity index (χ3n) is 7.67. The van der Waals surface area contributed by atoms with Crippen molar-refractivity contribution < 1.29 is 17.9 Å². The van der Waals surface area contributed by atoms with Crippen LogP contribution in [0.2, 0.25) is 0 Å². The van der Waals surface area contributed by atoms with Gasteiger partial charge in [-0.3, -0.25) is 10.9 Å². The first-order valence-corrected chi connectivity index (χ1v) is 19.1. The molecule has 0 aliphatic heterocycles. The van der Waals surface area contributed by atoms with Gasteiger partial charge in [0, 0.05) is 25.3 Å². The number of ether oxygens (including phenoxy) is 1. The summed E-state index contributed by atoms with van der Waals surface area (Å²) in [5.74, 6) is 0.475. The number of hydrogen-bond donors (Lipinski definition) is 3. The van der Waals surface area contributed by atoms with E-state index in [2.05, 4.69) is 47.1 Å². The lowest BCUT2D eigenvalue weighted by Crippen LogP contribution is -2.40. The van der Waals surface area contributed by atoms with Crippen molar-refractivity contribution in [3.63, 3.8) is 0 Å². The molecule has 0 unspecified atom stereocenters. The maximum atomic E-state index is 13.0. The molecule has 10 heteroatoms. The molecule has 0 bridgehead atoms. The molecule has 9 nitrogen and oxygen atoms in total. The minimum Gasteiger partial charge on any atom is -0.381 e. The van der Waals surface area contributed by atoms with Crippen LogP contribution in [0.1, 0.15) is 155 Å². The van der Waals surface area contributed by atoms with E-state index in [1.807, 2.05) is 0 Å². The minimum absolute atomic E-state index is 0.0231. The summed E-state index contributed by atoms with van der Waals surface area (Å²) in [6.07, 6.45) is 23.1. The smallest absolute Gasteiger partial charge is 0.333 e. The molecule has 0 aromatic carbocycles. The van der Waals surface area contributed by atoms with Crippen LogP contribution >= 0.6 is 0 Å².